The third kappa shape index (κ3) is 5.74. The lowest BCUT2D eigenvalue weighted by molar-refractivity contribution is -0.119. The summed E-state index contributed by atoms with van der Waals surface area (Å²) < 4.78 is 26.1. The number of rotatable bonds is 10. The summed E-state index contributed by atoms with van der Waals surface area (Å²) in [5.74, 6) is -0.202. The number of carbonyl (C=O) groups is 2. The SMILES string of the molecule is COCC(=O)Nc1cc(C(=O)N(CC2CC2)C[C@H]2CCCO2)c2c(c1)ncn2Cc1ccc(F)cc1. The maximum Gasteiger partial charge on any atom is 0.256 e. The lowest BCUT2D eigenvalue weighted by Gasteiger charge is -2.26. The first-order valence-corrected chi connectivity index (χ1v) is 12.4. The summed E-state index contributed by atoms with van der Waals surface area (Å²) in [7, 11) is 1.45. The number of nitrogens with one attached hydrogen (secondary N) is 1. The number of ether oxygens (including phenoxy) is 2. The molecule has 1 aliphatic carbocycles. The minimum Gasteiger partial charge on any atom is -0.376 e. The third-order valence-electron chi connectivity index (χ3n) is 6.68. The topological polar surface area (TPSA) is 85.7 Å². The Morgan fingerprint density at radius 1 is 1.19 bits per heavy atom. The van der Waals surface area contributed by atoms with Crippen molar-refractivity contribution in [1.82, 2.24) is 14.5 Å². The number of methoxy groups -OCH3 is 1. The number of fused-ring (bicyclic) bond motifs is 1. The van der Waals surface area contributed by atoms with Crippen molar-refractivity contribution < 1.29 is 23.5 Å². The summed E-state index contributed by atoms with van der Waals surface area (Å²) in [5.41, 5.74) is 3.13. The van der Waals surface area contributed by atoms with Crippen molar-refractivity contribution in [3.8, 4) is 0 Å². The van der Waals surface area contributed by atoms with Gasteiger partial charge in [-0.3, -0.25) is 9.59 Å². The van der Waals surface area contributed by atoms with Gasteiger partial charge in [-0.15, -0.1) is 0 Å². The van der Waals surface area contributed by atoms with E-state index in [4.69, 9.17) is 9.47 Å². The number of benzene rings is 2. The summed E-state index contributed by atoms with van der Waals surface area (Å²) in [6.07, 6.45) is 5.92. The number of imidazole rings is 1. The Balaban J connectivity index is 1.52. The van der Waals surface area contributed by atoms with Gasteiger partial charge in [0.2, 0.25) is 5.91 Å². The molecule has 0 bridgehead atoms. The zero-order valence-corrected chi connectivity index (χ0v) is 20.4. The Hall–Kier alpha value is -3.30. The number of hydrogen-bond donors (Lipinski definition) is 1. The van der Waals surface area contributed by atoms with E-state index in [2.05, 4.69) is 10.3 Å². The van der Waals surface area contributed by atoms with Crippen LogP contribution in [-0.4, -0.2) is 65.8 Å². The fraction of sp³-hybridized carbons (Fsp3) is 0.444. The van der Waals surface area contributed by atoms with Crippen molar-refractivity contribution in [1.29, 1.82) is 0 Å². The molecule has 8 nitrogen and oxygen atoms in total. The standard InChI is InChI=1S/C27H31FN4O4/c1-35-16-25(33)30-21-11-23(27(34)31(13-18-4-5-18)15-22-3-2-10-36-22)26-24(12-21)29-17-32(26)14-19-6-8-20(28)9-7-19/h6-9,11-12,17-18,22H,2-5,10,13-16H2,1H3,(H,30,33)/t22-/m1/s1. The Morgan fingerprint density at radius 3 is 2.69 bits per heavy atom. The highest BCUT2D eigenvalue weighted by Gasteiger charge is 2.31. The number of aromatic nitrogens is 2. The van der Waals surface area contributed by atoms with E-state index in [1.54, 1.807) is 30.6 Å². The average molecular weight is 495 g/mol. The monoisotopic (exact) mass is 494 g/mol. The predicted octanol–water partition coefficient (Wildman–Crippen LogP) is 3.84. The molecule has 9 heteroatoms. The zero-order chi connectivity index (χ0) is 25.1. The van der Waals surface area contributed by atoms with E-state index < -0.39 is 0 Å². The van der Waals surface area contributed by atoms with Crippen LogP contribution in [0.2, 0.25) is 0 Å². The summed E-state index contributed by atoms with van der Waals surface area (Å²) in [6.45, 7) is 2.30. The average Bonchev–Trinajstić information content (AvgIpc) is 3.36. The van der Waals surface area contributed by atoms with Crippen molar-refractivity contribution in [2.24, 2.45) is 5.92 Å². The molecule has 190 valence electrons. The summed E-state index contributed by atoms with van der Waals surface area (Å²) >= 11 is 0. The molecule has 2 heterocycles. The van der Waals surface area contributed by atoms with Gasteiger partial charge in [-0.2, -0.15) is 0 Å². The van der Waals surface area contributed by atoms with Gasteiger partial charge in [0, 0.05) is 39.0 Å². The Kier molecular flexibility index (Phi) is 7.29. The Labute approximate surface area is 209 Å². The van der Waals surface area contributed by atoms with E-state index in [0.717, 1.165) is 37.9 Å². The highest BCUT2D eigenvalue weighted by Crippen LogP contribution is 2.32. The first-order chi connectivity index (χ1) is 17.5. The quantitative estimate of drug-likeness (QED) is 0.463. The van der Waals surface area contributed by atoms with Crippen molar-refractivity contribution in [3.05, 3.63) is 59.7 Å². The Morgan fingerprint density at radius 2 is 2.00 bits per heavy atom. The van der Waals surface area contributed by atoms with Crippen LogP contribution in [-0.2, 0) is 20.8 Å². The molecular weight excluding hydrogens is 463 g/mol. The van der Waals surface area contributed by atoms with Gasteiger partial charge < -0.3 is 24.3 Å². The number of nitrogens with zero attached hydrogens (tertiary/aromatic N) is 3. The molecule has 0 radical (unpaired) electrons. The van der Waals surface area contributed by atoms with Gasteiger partial charge >= 0.3 is 0 Å². The molecule has 2 fully saturated rings. The molecule has 1 atom stereocenters. The number of halogens is 1. The van der Waals surface area contributed by atoms with Gasteiger partial charge in [-0.05, 0) is 61.4 Å². The predicted molar refractivity (Wildman–Crippen MR) is 133 cm³/mol. The lowest BCUT2D eigenvalue weighted by Crippen LogP contribution is -2.39. The molecule has 1 aliphatic heterocycles. The molecule has 2 aromatic carbocycles. The number of anilines is 1. The fourth-order valence-corrected chi connectivity index (χ4v) is 4.74. The Bertz CT molecular complexity index is 1230. The van der Waals surface area contributed by atoms with Crippen molar-refractivity contribution in [2.75, 3.05) is 38.7 Å². The molecule has 3 aromatic rings. The zero-order valence-electron chi connectivity index (χ0n) is 20.4. The van der Waals surface area contributed by atoms with E-state index in [1.807, 2.05) is 9.47 Å². The second-order valence-electron chi connectivity index (χ2n) is 9.66. The van der Waals surface area contributed by atoms with Crippen LogP contribution in [0.4, 0.5) is 10.1 Å². The highest BCUT2D eigenvalue weighted by atomic mass is 19.1. The number of amides is 2. The third-order valence-corrected chi connectivity index (χ3v) is 6.68. The van der Waals surface area contributed by atoms with Crippen molar-refractivity contribution in [2.45, 2.75) is 38.3 Å². The number of carbonyl (C=O) groups excluding carboxylic acids is 2. The minimum absolute atomic E-state index is 0.0388. The van der Waals surface area contributed by atoms with Gasteiger partial charge in [-0.25, -0.2) is 9.37 Å². The van der Waals surface area contributed by atoms with E-state index in [-0.39, 0.29) is 30.3 Å². The van der Waals surface area contributed by atoms with Crippen molar-refractivity contribution >= 4 is 28.5 Å². The van der Waals surface area contributed by atoms with Crippen molar-refractivity contribution in [3.63, 3.8) is 0 Å². The molecule has 0 spiro atoms. The molecule has 5 rings (SSSR count). The van der Waals surface area contributed by atoms with E-state index in [0.29, 0.717) is 47.8 Å². The minimum atomic E-state index is -0.310. The van der Waals surface area contributed by atoms with Gasteiger partial charge in [-0.1, -0.05) is 12.1 Å². The first-order valence-electron chi connectivity index (χ1n) is 12.4. The van der Waals surface area contributed by atoms with E-state index in [9.17, 15) is 14.0 Å². The van der Waals surface area contributed by atoms with Gasteiger partial charge in [0.25, 0.3) is 5.91 Å². The summed E-state index contributed by atoms with van der Waals surface area (Å²) in [6, 6.07) is 9.76. The molecule has 1 saturated carbocycles. The first kappa shape index (κ1) is 24.4. The fourth-order valence-electron chi connectivity index (χ4n) is 4.74. The maximum atomic E-state index is 14.1. The van der Waals surface area contributed by atoms with Crippen LogP contribution >= 0.6 is 0 Å². The van der Waals surface area contributed by atoms with Crippen LogP contribution < -0.4 is 5.32 Å². The molecule has 2 aliphatic rings. The molecule has 0 unspecified atom stereocenters. The van der Waals surface area contributed by atoms with Crippen LogP contribution in [0.3, 0.4) is 0 Å². The van der Waals surface area contributed by atoms with Gasteiger partial charge in [0.15, 0.2) is 0 Å². The molecular formula is C27H31FN4O4. The molecule has 1 N–H and O–H groups in total. The smallest absolute Gasteiger partial charge is 0.256 e. The van der Waals surface area contributed by atoms with Gasteiger partial charge in [0.05, 0.1) is 29.0 Å². The molecule has 1 saturated heterocycles. The molecule has 2 amide bonds. The lowest BCUT2D eigenvalue weighted by atomic mass is 10.1. The van der Waals surface area contributed by atoms with E-state index >= 15 is 0 Å². The van der Waals surface area contributed by atoms with Gasteiger partial charge in [0.1, 0.15) is 12.4 Å². The van der Waals surface area contributed by atoms with Crippen LogP contribution in [0.5, 0.6) is 0 Å². The number of hydrogen-bond acceptors (Lipinski definition) is 5. The largest absolute Gasteiger partial charge is 0.376 e. The van der Waals surface area contributed by atoms with Crippen LogP contribution in [0, 0.1) is 11.7 Å². The van der Waals surface area contributed by atoms with Crippen LogP contribution in [0.25, 0.3) is 11.0 Å². The molecule has 1 aromatic heterocycles. The highest BCUT2D eigenvalue weighted by molar-refractivity contribution is 6.07. The second kappa shape index (κ2) is 10.8. The summed E-state index contributed by atoms with van der Waals surface area (Å²) in [5, 5.41) is 2.81. The normalized spacial score (nSPS) is 17.4. The second-order valence-corrected chi connectivity index (χ2v) is 9.66. The molecule has 36 heavy (non-hydrogen) atoms. The van der Waals surface area contributed by atoms with Crippen LogP contribution in [0.1, 0.15) is 41.6 Å². The summed E-state index contributed by atoms with van der Waals surface area (Å²) in [4.78, 5) is 32.7. The maximum absolute atomic E-state index is 14.1. The van der Waals surface area contributed by atoms with Crippen LogP contribution in [0.15, 0.2) is 42.7 Å². The van der Waals surface area contributed by atoms with E-state index in [1.165, 1.54) is 19.2 Å².